The van der Waals surface area contributed by atoms with E-state index in [0.29, 0.717) is 5.92 Å². The molecule has 0 bridgehead atoms. The van der Waals surface area contributed by atoms with Crippen molar-refractivity contribution in [1.82, 2.24) is 0 Å². The summed E-state index contributed by atoms with van der Waals surface area (Å²) in [6, 6.07) is 8.47. The molecule has 0 nitrogen and oxygen atoms in total. The van der Waals surface area contributed by atoms with Crippen molar-refractivity contribution in [1.29, 1.82) is 0 Å². The molecule has 2 rings (SSSR count). The van der Waals surface area contributed by atoms with Crippen molar-refractivity contribution in [3.8, 4) is 0 Å². The summed E-state index contributed by atoms with van der Waals surface area (Å²) in [7, 11) is 0. The van der Waals surface area contributed by atoms with Gasteiger partial charge in [-0.25, -0.2) is 0 Å². The smallest absolute Gasteiger partial charge is 0 e. The molecule has 1 aromatic rings. The topological polar surface area (TPSA) is 0 Å². The molecule has 1 aromatic carbocycles. The Hall–Kier alpha value is -0.326. The molecule has 0 saturated heterocycles. The fraction of sp³-hybridized carbons (Fsp3) is 0.273. The third-order valence-corrected chi connectivity index (χ3v) is 2.41. The Morgan fingerprint density at radius 2 is 1.92 bits per heavy atom. The molecular formula is C11H11Ti-. The number of allylic oxidation sites excluding steroid dienone is 1. The molecule has 0 heterocycles. The zero-order chi connectivity index (χ0) is 7.84. The van der Waals surface area contributed by atoms with Crippen LogP contribution in [0.3, 0.4) is 0 Å². The zero-order valence-corrected chi connectivity index (χ0v) is 8.95. The zero-order valence-electron chi connectivity index (χ0n) is 7.39. The molecule has 60 valence electrons. The summed E-state index contributed by atoms with van der Waals surface area (Å²) in [5, 5.41) is 0. The van der Waals surface area contributed by atoms with Crippen LogP contribution in [0, 0.1) is 6.08 Å². The molecule has 1 atom stereocenters. The van der Waals surface area contributed by atoms with Gasteiger partial charge in [0.15, 0.2) is 0 Å². The first kappa shape index (κ1) is 9.76. The van der Waals surface area contributed by atoms with Gasteiger partial charge in [0.2, 0.25) is 0 Å². The average molecular weight is 191 g/mol. The Balaban J connectivity index is 0.000000720. The second-order valence-electron chi connectivity index (χ2n) is 3.12. The summed E-state index contributed by atoms with van der Waals surface area (Å²) >= 11 is 0. The Morgan fingerprint density at radius 1 is 1.25 bits per heavy atom. The molecule has 0 aliphatic heterocycles. The van der Waals surface area contributed by atoms with Gasteiger partial charge in [-0.2, -0.15) is 17.7 Å². The van der Waals surface area contributed by atoms with Gasteiger partial charge >= 0.3 is 0 Å². The van der Waals surface area contributed by atoms with Crippen LogP contribution in [0.2, 0.25) is 0 Å². The van der Waals surface area contributed by atoms with Gasteiger partial charge in [0.25, 0.3) is 0 Å². The maximum atomic E-state index is 3.36. The Kier molecular flexibility index (Phi) is 2.92. The third kappa shape index (κ3) is 1.42. The number of benzene rings is 1. The van der Waals surface area contributed by atoms with Crippen molar-refractivity contribution in [3.63, 3.8) is 0 Å². The van der Waals surface area contributed by atoms with Crippen LogP contribution in [-0.4, -0.2) is 0 Å². The van der Waals surface area contributed by atoms with Crippen LogP contribution in [0.15, 0.2) is 29.8 Å². The minimum absolute atomic E-state index is 0. The van der Waals surface area contributed by atoms with Gasteiger partial charge in [-0.05, 0) is 0 Å². The molecule has 0 fully saturated rings. The maximum Gasteiger partial charge on any atom is 0 e. The predicted octanol–water partition coefficient (Wildman–Crippen LogP) is 2.90. The van der Waals surface area contributed by atoms with E-state index in [1.807, 2.05) is 0 Å². The van der Waals surface area contributed by atoms with E-state index in [0.717, 1.165) is 0 Å². The summed E-state index contributed by atoms with van der Waals surface area (Å²) in [4.78, 5) is 0. The quantitative estimate of drug-likeness (QED) is 0.437. The molecule has 0 aromatic heterocycles. The molecule has 1 unspecified atom stereocenters. The van der Waals surface area contributed by atoms with Crippen molar-refractivity contribution < 1.29 is 21.7 Å². The van der Waals surface area contributed by atoms with E-state index in [-0.39, 0.29) is 21.7 Å². The first-order valence-electron chi connectivity index (χ1n) is 3.98. The largest absolute Gasteiger partial charge is 0.189 e. The number of hydrogen-bond donors (Lipinski definition) is 0. The van der Waals surface area contributed by atoms with Gasteiger partial charge in [-0.15, -0.1) is 23.3 Å². The Bertz CT molecular complexity index is 313. The average Bonchev–Trinajstić information content (AvgIpc) is 2.30. The van der Waals surface area contributed by atoms with Gasteiger partial charge in [0, 0.05) is 21.7 Å². The van der Waals surface area contributed by atoms with Gasteiger partial charge < -0.3 is 0 Å². The van der Waals surface area contributed by atoms with Crippen molar-refractivity contribution in [2.24, 2.45) is 0 Å². The molecule has 0 amide bonds. The van der Waals surface area contributed by atoms with Crippen LogP contribution in [0.25, 0.3) is 0 Å². The monoisotopic (exact) mass is 191 g/mol. The van der Waals surface area contributed by atoms with Crippen LogP contribution >= 0.6 is 0 Å². The molecule has 0 spiro atoms. The van der Waals surface area contributed by atoms with Crippen molar-refractivity contribution in [3.05, 3.63) is 47.0 Å². The number of fused-ring (bicyclic) bond motifs is 1. The second-order valence-corrected chi connectivity index (χ2v) is 3.12. The minimum Gasteiger partial charge on any atom is -0.189 e. The molecule has 12 heavy (non-hydrogen) atoms. The SMILES string of the molecule is CC1=[C-]c2ccccc2C1C.[Ti]. The van der Waals surface area contributed by atoms with Crippen LogP contribution in [-0.2, 0) is 21.7 Å². The van der Waals surface area contributed by atoms with E-state index in [9.17, 15) is 0 Å². The fourth-order valence-corrected chi connectivity index (χ4v) is 1.54. The maximum absolute atomic E-state index is 3.36. The van der Waals surface area contributed by atoms with Gasteiger partial charge in [-0.1, -0.05) is 25.8 Å². The Labute approximate surface area is 88.6 Å². The van der Waals surface area contributed by atoms with E-state index < -0.39 is 0 Å². The normalized spacial score (nSPS) is 19.5. The van der Waals surface area contributed by atoms with E-state index in [2.05, 4.69) is 44.2 Å². The van der Waals surface area contributed by atoms with Crippen LogP contribution in [0.5, 0.6) is 0 Å². The summed E-state index contributed by atoms with van der Waals surface area (Å²) in [6.45, 7) is 4.37. The summed E-state index contributed by atoms with van der Waals surface area (Å²) in [5.74, 6) is 0.575. The first-order valence-corrected chi connectivity index (χ1v) is 3.98. The van der Waals surface area contributed by atoms with E-state index >= 15 is 0 Å². The molecule has 1 aliphatic rings. The van der Waals surface area contributed by atoms with Crippen LogP contribution in [0.1, 0.15) is 30.9 Å². The molecule has 0 saturated carbocycles. The van der Waals surface area contributed by atoms with E-state index in [1.165, 1.54) is 16.7 Å². The minimum atomic E-state index is 0. The van der Waals surface area contributed by atoms with Gasteiger partial charge in [0.05, 0.1) is 0 Å². The molecule has 0 N–H and O–H groups in total. The molecule has 1 aliphatic carbocycles. The predicted molar refractivity (Wildman–Crippen MR) is 46.4 cm³/mol. The molecular weight excluding hydrogens is 180 g/mol. The van der Waals surface area contributed by atoms with E-state index in [4.69, 9.17) is 0 Å². The summed E-state index contributed by atoms with van der Waals surface area (Å²) < 4.78 is 0. The van der Waals surface area contributed by atoms with Crippen LogP contribution < -0.4 is 0 Å². The molecule has 0 radical (unpaired) electrons. The number of hydrogen-bond acceptors (Lipinski definition) is 0. The second kappa shape index (κ2) is 3.59. The standard InChI is InChI=1S/C11H11.Ti/c1-8-7-10-5-3-4-6-11(10)9(8)2;/h3-6,9H,1-2H3;/q-1;. The number of rotatable bonds is 0. The molecule has 1 heteroatoms. The fourth-order valence-electron chi connectivity index (χ4n) is 1.54. The van der Waals surface area contributed by atoms with Crippen molar-refractivity contribution in [2.45, 2.75) is 19.8 Å². The summed E-state index contributed by atoms with van der Waals surface area (Å²) in [5.41, 5.74) is 4.05. The van der Waals surface area contributed by atoms with Gasteiger partial charge in [0.1, 0.15) is 0 Å². The van der Waals surface area contributed by atoms with E-state index in [1.54, 1.807) is 0 Å². The van der Waals surface area contributed by atoms with Crippen molar-refractivity contribution in [2.75, 3.05) is 0 Å². The van der Waals surface area contributed by atoms with Crippen molar-refractivity contribution >= 4 is 0 Å². The first-order chi connectivity index (χ1) is 5.29. The van der Waals surface area contributed by atoms with Crippen LogP contribution in [0.4, 0.5) is 0 Å². The van der Waals surface area contributed by atoms with Gasteiger partial charge in [-0.3, -0.25) is 0 Å². The summed E-state index contributed by atoms with van der Waals surface area (Å²) in [6.07, 6.45) is 3.36. The third-order valence-electron chi connectivity index (χ3n) is 2.41. The Morgan fingerprint density at radius 3 is 2.58 bits per heavy atom.